The molecule has 0 fully saturated rings. The molecular weight excluding hydrogens is 271 g/mol. The van der Waals surface area contributed by atoms with Gasteiger partial charge in [-0.1, -0.05) is 0 Å². The van der Waals surface area contributed by atoms with Crippen LogP contribution in [0.5, 0.6) is 5.75 Å². The Hall–Kier alpha value is -2.20. The Labute approximate surface area is 94.1 Å². The van der Waals surface area contributed by atoms with Gasteiger partial charge in [0.1, 0.15) is 11.8 Å². The van der Waals surface area contributed by atoms with Crippen LogP contribution in [-0.2, 0) is 0 Å². The van der Waals surface area contributed by atoms with Crippen LogP contribution in [0.4, 0.5) is 27.8 Å². The zero-order valence-electron chi connectivity index (χ0n) is 8.12. The number of hydrogen-bond donors (Lipinski definition) is 1. The van der Waals surface area contributed by atoms with Crippen molar-refractivity contribution < 1.29 is 31.6 Å². The molecule has 0 unspecified atom stereocenters. The first-order valence-electron chi connectivity index (χ1n) is 4.07. The molecule has 100 valence electrons. The van der Waals surface area contributed by atoms with Crippen LogP contribution < -0.4 is 10.2 Å². The summed E-state index contributed by atoms with van der Waals surface area (Å²) < 4.78 is 63.3. The topological polar surface area (TPSA) is 85.2 Å². The molecule has 0 saturated carbocycles. The van der Waals surface area contributed by atoms with E-state index < -0.39 is 40.3 Å². The fourth-order valence-electron chi connectivity index (χ4n) is 1.02. The molecule has 0 aliphatic rings. The molecule has 1 N–H and O–H groups in total. The Bertz CT molecular complexity index is 524. The molecule has 1 rings (SSSR count). The predicted octanol–water partition coefficient (Wildman–Crippen LogP) is 2.12. The number of nitro groups is 1. The van der Waals surface area contributed by atoms with E-state index in [-0.39, 0.29) is 6.20 Å². The third kappa shape index (κ3) is 2.93. The molecule has 0 amide bonds. The van der Waals surface area contributed by atoms with Crippen molar-refractivity contribution in [2.45, 2.75) is 12.8 Å². The van der Waals surface area contributed by atoms with Crippen molar-refractivity contribution in [3.05, 3.63) is 32.1 Å². The lowest BCUT2D eigenvalue weighted by atomic mass is 10.2. The second-order valence-electron chi connectivity index (χ2n) is 2.86. The summed E-state index contributed by atoms with van der Waals surface area (Å²) in [5, 5.41) is 10.3. The van der Waals surface area contributed by atoms with Crippen LogP contribution in [-0.4, -0.2) is 16.3 Å². The minimum absolute atomic E-state index is 0.258. The maximum absolute atomic E-state index is 12.2. The number of nitrogens with zero attached hydrogens (tertiary/aromatic N) is 1. The number of aromatic amines is 1. The molecule has 18 heavy (non-hydrogen) atoms. The molecule has 0 aliphatic carbocycles. The highest BCUT2D eigenvalue weighted by Gasteiger charge is 2.37. The minimum Gasteiger partial charge on any atom is -0.392 e. The van der Waals surface area contributed by atoms with E-state index in [0.717, 1.165) is 0 Å². The lowest BCUT2D eigenvalue weighted by molar-refractivity contribution is -0.393. The van der Waals surface area contributed by atoms with Crippen molar-refractivity contribution in [1.29, 1.82) is 0 Å². The van der Waals surface area contributed by atoms with Gasteiger partial charge in [0.15, 0.2) is 0 Å². The van der Waals surface area contributed by atoms with Crippen molar-refractivity contribution in [3.8, 4) is 5.75 Å². The van der Waals surface area contributed by atoms with Crippen molar-refractivity contribution in [2.24, 2.45) is 0 Å². The van der Waals surface area contributed by atoms with Crippen LogP contribution in [0.3, 0.4) is 0 Å². The van der Waals surface area contributed by atoms with E-state index in [9.17, 15) is 36.9 Å². The molecule has 1 heterocycles. The number of rotatable bonds is 3. The molecule has 6 nitrogen and oxygen atoms in total. The second-order valence-corrected chi connectivity index (χ2v) is 2.86. The van der Waals surface area contributed by atoms with E-state index in [4.69, 9.17) is 0 Å². The summed E-state index contributed by atoms with van der Waals surface area (Å²) >= 11 is 0. The average molecular weight is 274 g/mol. The fraction of sp³-hybridized carbons (Fsp3) is 0.286. The van der Waals surface area contributed by atoms with Gasteiger partial charge >= 0.3 is 12.2 Å². The number of hydrogen-bond acceptors (Lipinski definition) is 4. The van der Waals surface area contributed by atoms with E-state index in [1.807, 2.05) is 0 Å². The molecule has 11 heteroatoms. The van der Waals surface area contributed by atoms with Crippen molar-refractivity contribution in [1.82, 2.24) is 4.98 Å². The van der Waals surface area contributed by atoms with Crippen LogP contribution in [0, 0.1) is 10.1 Å². The molecule has 0 bridgehead atoms. The normalized spacial score (nSPS) is 11.7. The van der Waals surface area contributed by atoms with Crippen LogP contribution in [0.15, 0.2) is 11.0 Å². The minimum atomic E-state index is -5.42. The Morgan fingerprint density at radius 3 is 2.33 bits per heavy atom. The van der Waals surface area contributed by atoms with Crippen LogP contribution >= 0.6 is 0 Å². The predicted molar refractivity (Wildman–Crippen MR) is 45.4 cm³/mol. The summed E-state index contributed by atoms with van der Waals surface area (Å²) in [7, 11) is 0. The maximum Gasteiger partial charge on any atom is 0.573 e. The van der Waals surface area contributed by atoms with Crippen molar-refractivity contribution >= 4 is 5.82 Å². The Balaban J connectivity index is 3.46. The monoisotopic (exact) mass is 274 g/mol. The molecule has 0 saturated heterocycles. The smallest absolute Gasteiger partial charge is 0.392 e. The van der Waals surface area contributed by atoms with Crippen LogP contribution in [0.2, 0.25) is 0 Å². The number of nitrogens with one attached hydrogen (secondary N) is 1. The highest BCUT2D eigenvalue weighted by atomic mass is 19.4. The van der Waals surface area contributed by atoms with Crippen molar-refractivity contribution in [3.63, 3.8) is 0 Å². The third-order valence-electron chi connectivity index (χ3n) is 1.68. The first-order chi connectivity index (χ1) is 8.13. The van der Waals surface area contributed by atoms with E-state index in [1.165, 1.54) is 0 Å². The summed E-state index contributed by atoms with van der Waals surface area (Å²) in [6.45, 7) is 0. The van der Waals surface area contributed by atoms with E-state index in [2.05, 4.69) is 4.74 Å². The van der Waals surface area contributed by atoms with E-state index in [1.54, 1.807) is 4.98 Å². The van der Waals surface area contributed by atoms with Gasteiger partial charge in [-0.25, -0.2) is 13.8 Å². The Morgan fingerprint density at radius 1 is 1.39 bits per heavy atom. The van der Waals surface area contributed by atoms with E-state index in [0.29, 0.717) is 0 Å². The zero-order valence-corrected chi connectivity index (χ0v) is 8.12. The average Bonchev–Trinajstić information content (AvgIpc) is 2.17. The standard InChI is InChI=1S/C7H3F5N2O4/c8-5(9)2-1-13-6(14(16)17)4(3(2)15)18-7(10,11)12/h1,5H,(H,13,15). The summed E-state index contributed by atoms with van der Waals surface area (Å²) in [5.41, 5.74) is -3.26. The lowest BCUT2D eigenvalue weighted by Crippen LogP contribution is -2.24. The zero-order chi connectivity index (χ0) is 14.1. The quantitative estimate of drug-likeness (QED) is 0.519. The first kappa shape index (κ1) is 13.9. The number of ether oxygens (including phenoxy) is 1. The highest BCUT2D eigenvalue weighted by molar-refractivity contribution is 5.42. The molecule has 0 radical (unpaired) electrons. The number of pyridine rings is 1. The van der Waals surface area contributed by atoms with Gasteiger partial charge in [0.05, 0.1) is 0 Å². The van der Waals surface area contributed by atoms with Crippen molar-refractivity contribution in [2.75, 3.05) is 0 Å². The Morgan fingerprint density at radius 2 is 1.94 bits per heavy atom. The largest absolute Gasteiger partial charge is 0.573 e. The summed E-state index contributed by atoms with van der Waals surface area (Å²) in [5.74, 6) is -3.29. The number of H-pyrrole nitrogens is 1. The number of alkyl halides is 5. The molecule has 0 aliphatic heterocycles. The van der Waals surface area contributed by atoms with Gasteiger partial charge in [-0.3, -0.25) is 4.79 Å². The van der Waals surface area contributed by atoms with E-state index >= 15 is 0 Å². The second kappa shape index (κ2) is 4.58. The summed E-state index contributed by atoms with van der Waals surface area (Å²) in [6.07, 6.45) is -8.56. The lowest BCUT2D eigenvalue weighted by Gasteiger charge is -2.09. The first-order valence-corrected chi connectivity index (χ1v) is 4.07. The summed E-state index contributed by atoms with van der Waals surface area (Å²) in [4.78, 5) is 21.7. The fourth-order valence-corrected chi connectivity index (χ4v) is 1.02. The summed E-state index contributed by atoms with van der Waals surface area (Å²) in [6, 6.07) is 0. The number of halogens is 5. The molecule has 1 aromatic heterocycles. The molecular formula is C7H3F5N2O4. The molecule has 0 spiro atoms. The highest BCUT2D eigenvalue weighted by Crippen LogP contribution is 2.28. The SMILES string of the molecule is O=c1c(C(F)F)c[nH]c([N+](=O)[O-])c1OC(F)(F)F. The number of aromatic nitrogens is 1. The third-order valence-corrected chi connectivity index (χ3v) is 1.68. The van der Waals surface area contributed by atoms with Gasteiger partial charge in [0.2, 0.25) is 5.43 Å². The molecule has 1 aromatic rings. The van der Waals surface area contributed by atoms with Crippen LogP contribution in [0.1, 0.15) is 12.0 Å². The van der Waals surface area contributed by atoms with Gasteiger partial charge < -0.3 is 14.9 Å². The molecule has 0 aromatic carbocycles. The van der Waals surface area contributed by atoms with Gasteiger partial charge in [-0.15, -0.1) is 13.2 Å². The van der Waals surface area contributed by atoms with Gasteiger partial charge in [0.25, 0.3) is 12.2 Å². The van der Waals surface area contributed by atoms with Gasteiger partial charge in [0, 0.05) is 0 Å². The van der Waals surface area contributed by atoms with Crippen LogP contribution in [0.25, 0.3) is 0 Å². The molecule has 0 atom stereocenters. The Kier molecular flexibility index (Phi) is 3.53. The van der Waals surface area contributed by atoms with Gasteiger partial charge in [-0.2, -0.15) is 0 Å². The maximum atomic E-state index is 12.2. The van der Waals surface area contributed by atoms with Gasteiger partial charge in [-0.05, 0) is 4.92 Å².